The Labute approximate surface area is 142 Å². The van der Waals surface area contributed by atoms with E-state index in [1.807, 2.05) is 6.92 Å². The van der Waals surface area contributed by atoms with Gasteiger partial charge in [-0.25, -0.2) is 9.48 Å². The molecule has 0 fully saturated rings. The van der Waals surface area contributed by atoms with E-state index in [0.717, 1.165) is 6.42 Å². The summed E-state index contributed by atoms with van der Waals surface area (Å²) in [5.41, 5.74) is 0.167. The SMILES string of the molecule is CCCC[C@H](NC(=O)c1cn(-c2cccc([N+](=O)[O-])c2)nn1)C(=O)O. The summed E-state index contributed by atoms with van der Waals surface area (Å²) in [6.45, 7) is 1.92. The van der Waals surface area contributed by atoms with E-state index < -0.39 is 22.8 Å². The van der Waals surface area contributed by atoms with Crippen LogP contribution in [0.3, 0.4) is 0 Å². The maximum absolute atomic E-state index is 12.1. The third kappa shape index (κ3) is 4.59. The monoisotopic (exact) mass is 347 g/mol. The highest BCUT2D eigenvalue weighted by Gasteiger charge is 2.22. The zero-order valence-corrected chi connectivity index (χ0v) is 13.5. The highest BCUT2D eigenvalue weighted by atomic mass is 16.6. The molecule has 2 rings (SSSR count). The number of aliphatic carboxylic acids is 1. The van der Waals surface area contributed by atoms with E-state index in [1.165, 1.54) is 29.1 Å². The molecule has 0 radical (unpaired) electrons. The van der Waals surface area contributed by atoms with Gasteiger partial charge < -0.3 is 10.4 Å². The molecule has 0 bridgehead atoms. The van der Waals surface area contributed by atoms with E-state index in [2.05, 4.69) is 15.6 Å². The van der Waals surface area contributed by atoms with Crippen LogP contribution in [-0.4, -0.2) is 42.9 Å². The minimum Gasteiger partial charge on any atom is -0.480 e. The molecule has 1 amide bonds. The number of nitrogens with one attached hydrogen (secondary N) is 1. The van der Waals surface area contributed by atoms with E-state index >= 15 is 0 Å². The fraction of sp³-hybridized carbons (Fsp3) is 0.333. The lowest BCUT2D eigenvalue weighted by Crippen LogP contribution is -2.40. The normalized spacial score (nSPS) is 11.7. The van der Waals surface area contributed by atoms with Gasteiger partial charge >= 0.3 is 5.97 Å². The third-order valence-corrected chi connectivity index (χ3v) is 3.48. The molecule has 0 aliphatic rings. The lowest BCUT2D eigenvalue weighted by atomic mass is 10.1. The van der Waals surface area contributed by atoms with Crippen molar-refractivity contribution in [2.24, 2.45) is 0 Å². The Hall–Kier alpha value is -3.30. The van der Waals surface area contributed by atoms with Crippen molar-refractivity contribution in [3.63, 3.8) is 0 Å². The van der Waals surface area contributed by atoms with Gasteiger partial charge in [0.25, 0.3) is 11.6 Å². The third-order valence-electron chi connectivity index (χ3n) is 3.48. The van der Waals surface area contributed by atoms with Gasteiger partial charge in [0.2, 0.25) is 0 Å². The van der Waals surface area contributed by atoms with Crippen LogP contribution in [0.15, 0.2) is 30.5 Å². The Morgan fingerprint density at radius 3 is 2.84 bits per heavy atom. The summed E-state index contributed by atoms with van der Waals surface area (Å²) in [4.78, 5) is 33.6. The smallest absolute Gasteiger partial charge is 0.326 e. The Balaban J connectivity index is 2.14. The number of carbonyl (C=O) groups is 2. The Morgan fingerprint density at radius 1 is 1.44 bits per heavy atom. The van der Waals surface area contributed by atoms with Crippen molar-refractivity contribution >= 4 is 17.6 Å². The van der Waals surface area contributed by atoms with E-state index in [-0.39, 0.29) is 11.4 Å². The van der Waals surface area contributed by atoms with Crippen molar-refractivity contribution in [3.05, 3.63) is 46.3 Å². The van der Waals surface area contributed by atoms with Crippen molar-refractivity contribution in [2.45, 2.75) is 32.2 Å². The lowest BCUT2D eigenvalue weighted by molar-refractivity contribution is -0.384. The Bertz CT molecular complexity index is 788. The second-order valence-electron chi connectivity index (χ2n) is 5.33. The van der Waals surface area contributed by atoms with E-state index in [1.54, 1.807) is 6.07 Å². The molecule has 0 unspecified atom stereocenters. The number of hydrogen-bond donors (Lipinski definition) is 2. The van der Waals surface area contributed by atoms with Crippen LogP contribution in [-0.2, 0) is 4.79 Å². The number of amides is 1. The summed E-state index contributed by atoms with van der Waals surface area (Å²) >= 11 is 0. The van der Waals surface area contributed by atoms with Crippen molar-refractivity contribution < 1.29 is 19.6 Å². The van der Waals surface area contributed by atoms with Gasteiger partial charge in [-0.15, -0.1) is 5.10 Å². The maximum Gasteiger partial charge on any atom is 0.326 e. The van der Waals surface area contributed by atoms with E-state index in [4.69, 9.17) is 5.11 Å². The first-order chi connectivity index (χ1) is 11.9. The number of aromatic nitrogens is 3. The highest BCUT2D eigenvalue weighted by molar-refractivity contribution is 5.94. The number of rotatable bonds is 8. The second-order valence-corrected chi connectivity index (χ2v) is 5.33. The maximum atomic E-state index is 12.1. The number of carbonyl (C=O) groups excluding carboxylic acids is 1. The minimum absolute atomic E-state index is 0.0748. The summed E-state index contributed by atoms with van der Waals surface area (Å²) in [5, 5.41) is 29.8. The molecule has 0 aliphatic heterocycles. The lowest BCUT2D eigenvalue weighted by Gasteiger charge is -2.12. The van der Waals surface area contributed by atoms with Crippen molar-refractivity contribution in [1.29, 1.82) is 0 Å². The molecule has 0 spiro atoms. The highest BCUT2D eigenvalue weighted by Crippen LogP contribution is 2.16. The quantitative estimate of drug-likeness (QED) is 0.545. The van der Waals surface area contributed by atoms with Gasteiger partial charge in [-0.1, -0.05) is 31.0 Å². The molecule has 0 aliphatic carbocycles. The average molecular weight is 347 g/mol. The molecule has 0 saturated heterocycles. The van der Waals surface area contributed by atoms with Crippen LogP contribution in [0.4, 0.5) is 5.69 Å². The fourth-order valence-corrected chi connectivity index (χ4v) is 2.14. The molecule has 2 N–H and O–H groups in total. The number of hydrogen-bond acceptors (Lipinski definition) is 6. The second kappa shape index (κ2) is 7.99. The topological polar surface area (TPSA) is 140 Å². The van der Waals surface area contributed by atoms with E-state index in [0.29, 0.717) is 18.5 Å². The zero-order valence-electron chi connectivity index (χ0n) is 13.5. The van der Waals surface area contributed by atoms with Gasteiger partial charge in [0, 0.05) is 12.1 Å². The van der Waals surface area contributed by atoms with Crippen LogP contribution in [0.2, 0.25) is 0 Å². The van der Waals surface area contributed by atoms with Crippen molar-refractivity contribution in [2.75, 3.05) is 0 Å². The van der Waals surface area contributed by atoms with Crippen LogP contribution in [0.5, 0.6) is 0 Å². The molecule has 2 aromatic rings. The number of nitrogens with zero attached hydrogens (tertiary/aromatic N) is 4. The van der Waals surface area contributed by atoms with E-state index in [9.17, 15) is 19.7 Å². The van der Waals surface area contributed by atoms with Crippen LogP contribution in [0.1, 0.15) is 36.7 Å². The van der Waals surface area contributed by atoms with Gasteiger partial charge in [0.15, 0.2) is 5.69 Å². The molecule has 132 valence electrons. The van der Waals surface area contributed by atoms with Crippen LogP contribution in [0, 0.1) is 10.1 Å². The molecule has 1 aromatic carbocycles. The predicted molar refractivity (Wildman–Crippen MR) is 86.4 cm³/mol. The molecule has 1 aromatic heterocycles. The number of nitro benzene ring substituents is 1. The largest absolute Gasteiger partial charge is 0.480 e. The van der Waals surface area contributed by atoms with Gasteiger partial charge in [-0.2, -0.15) is 0 Å². The number of carboxylic acid groups (broad SMARTS) is 1. The number of carboxylic acids is 1. The first-order valence-electron chi connectivity index (χ1n) is 7.63. The van der Waals surface area contributed by atoms with Crippen LogP contribution < -0.4 is 5.32 Å². The predicted octanol–water partition coefficient (Wildman–Crippen LogP) is 1.55. The molecule has 1 heterocycles. The summed E-state index contributed by atoms with van der Waals surface area (Å²) in [6.07, 6.45) is 3.07. The minimum atomic E-state index is -1.12. The van der Waals surface area contributed by atoms with Gasteiger partial charge in [-0.3, -0.25) is 14.9 Å². The first kappa shape index (κ1) is 18.0. The number of nitro groups is 1. The molecule has 25 heavy (non-hydrogen) atoms. The fourth-order valence-electron chi connectivity index (χ4n) is 2.14. The molecule has 0 saturated carbocycles. The summed E-state index contributed by atoms with van der Waals surface area (Å²) < 4.78 is 1.21. The van der Waals surface area contributed by atoms with Gasteiger partial charge in [0.05, 0.1) is 16.8 Å². The Morgan fingerprint density at radius 2 is 2.20 bits per heavy atom. The molecular formula is C15H17N5O5. The number of benzene rings is 1. The zero-order chi connectivity index (χ0) is 18.4. The summed E-state index contributed by atoms with van der Waals surface area (Å²) in [6, 6.07) is 4.68. The summed E-state index contributed by atoms with van der Waals surface area (Å²) in [5.74, 6) is -1.78. The molecule has 1 atom stereocenters. The Kier molecular flexibility index (Phi) is 5.77. The average Bonchev–Trinajstić information content (AvgIpc) is 3.08. The van der Waals surface area contributed by atoms with Gasteiger partial charge in [0.1, 0.15) is 6.04 Å². The standard InChI is InChI=1S/C15H17N5O5/c1-2-3-7-12(15(22)23)16-14(21)13-9-19(18-17-13)10-5-4-6-11(8-10)20(24)25/h4-6,8-9,12H,2-3,7H2,1H3,(H,16,21)(H,22,23)/t12-/m0/s1. The summed E-state index contributed by atoms with van der Waals surface area (Å²) in [7, 11) is 0. The molecule has 10 nitrogen and oxygen atoms in total. The van der Waals surface area contributed by atoms with Crippen LogP contribution in [0.25, 0.3) is 5.69 Å². The number of non-ortho nitro benzene ring substituents is 1. The van der Waals surface area contributed by atoms with Crippen LogP contribution >= 0.6 is 0 Å². The van der Waals surface area contributed by atoms with Crippen molar-refractivity contribution in [3.8, 4) is 5.69 Å². The molecule has 10 heteroatoms. The molecular weight excluding hydrogens is 330 g/mol. The first-order valence-corrected chi connectivity index (χ1v) is 7.63. The van der Waals surface area contributed by atoms with Crippen molar-refractivity contribution in [1.82, 2.24) is 20.3 Å². The van der Waals surface area contributed by atoms with Gasteiger partial charge in [-0.05, 0) is 12.5 Å². The number of unbranched alkanes of at least 4 members (excludes halogenated alkanes) is 1.